The van der Waals surface area contributed by atoms with E-state index in [2.05, 4.69) is 30.4 Å². The minimum atomic E-state index is 0.380. The van der Waals surface area contributed by atoms with Gasteiger partial charge in [0.15, 0.2) is 0 Å². The number of morpholine rings is 1. The number of hydrogen-bond donors (Lipinski definition) is 1. The molecule has 1 heterocycles. The fourth-order valence-electron chi connectivity index (χ4n) is 1.82. The van der Waals surface area contributed by atoms with Crippen molar-refractivity contribution in [3.05, 3.63) is 0 Å². The molecule has 1 aliphatic heterocycles. The zero-order valence-corrected chi connectivity index (χ0v) is 11.0. The molecule has 90 valence electrons. The fraction of sp³-hybridized carbons (Fsp3) is 1.00. The molecule has 0 bridgehead atoms. The summed E-state index contributed by atoms with van der Waals surface area (Å²) in [4.78, 5) is 2.33. The number of nitrogens with one attached hydrogen (secondary N) is 1. The summed E-state index contributed by atoms with van der Waals surface area (Å²) in [5.74, 6) is 1.99. The SMILES string of the molecule is CSCC(C)CNCC1CN(C)CCO1. The van der Waals surface area contributed by atoms with E-state index in [4.69, 9.17) is 4.74 Å². The second-order valence-electron chi connectivity index (χ2n) is 4.47. The predicted octanol–water partition coefficient (Wildman–Crippen LogP) is 0.906. The van der Waals surface area contributed by atoms with Crippen LogP contribution in [0.1, 0.15) is 6.92 Å². The Bertz CT molecular complexity index is 169. The highest BCUT2D eigenvalue weighted by molar-refractivity contribution is 7.98. The smallest absolute Gasteiger partial charge is 0.0826 e. The van der Waals surface area contributed by atoms with Crippen LogP contribution in [0.4, 0.5) is 0 Å². The van der Waals surface area contributed by atoms with Crippen LogP contribution in [0, 0.1) is 5.92 Å². The van der Waals surface area contributed by atoms with Gasteiger partial charge in [-0.1, -0.05) is 6.92 Å². The molecular formula is C11H24N2OS. The van der Waals surface area contributed by atoms with E-state index in [1.54, 1.807) is 0 Å². The summed E-state index contributed by atoms with van der Waals surface area (Å²) in [6.45, 7) is 7.39. The predicted molar refractivity (Wildman–Crippen MR) is 67.7 cm³/mol. The van der Waals surface area contributed by atoms with Crippen molar-refractivity contribution < 1.29 is 4.74 Å². The molecule has 1 fully saturated rings. The minimum Gasteiger partial charge on any atom is -0.374 e. The Labute approximate surface area is 97.9 Å². The first-order valence-electron chi connectivity index (χ1n) is 5.72. The van der Waals surface area contributed by atoms with Gasteiger partial charge in [0.05, 0.1) is 12.7 Å². The zero-order valence-electron chi connectivity index (χ0n) is 10.2. The monoisotopic (exact) mass is 232 g/mol. The summed E-state index contributed by atoms with van der Waals surface area (Å²) in [5.41, 5.74) is 0. The van der Waals surface area contributed by atoms with Gasteiger partial charge < -0.3 is 15.0 Å². The molecule has 15 heavy (non-hydrogen) atoms. The summed E-state index contributed by atoms with van der Waals surface area (Å²) < 4.78 is 5.68. The molecule has 1 rings (SSSR count). The summed E-state index contributed by atoms with van der Waals surface area (Å²) in [6.07, 6.45) is 2.54. The van der Waals surface area contributed by atoms with Gasteiger partial charge in [-0.15, -0.1) is 0 Å². The Morgan fingerprint density at radius 3 is 3.07 bits per heavy atom. The zero-order chi connectivity index (χ0) is 11.1. The first kappa shape index (κ1) is 13.3. The van der Waals surface area contributed by atoms with Crippen LogP contribution < -0.4 is 5.32 Å². The first-order valence-corrected chi connectivity index (χ1v) is 7.11. The lowest BCUT2D eigenvalue weighted by Gasteiger charge is -2.30. The van der Waals surface area contributed by atoms with Gasteiger partial charge in [0.2, 0.25) is 0 Å². The molecule has 0 aliphatic carbocycles. The third-order valence-corrected chi connectivity index (χ3v) is 3.56. The molecule has 0 radical (unpaired) electrons. The van der Waals surface area contributed by atoms with Gasteiger partial charge in [-0.05, 0) is 31.5 Å². The Balaban J connectivity index is 2.03. The van der Waals surface area contributed by atoms with Crippen LogP contribution in [0.2, 0.25) is 0 Å². The normalized spacial score (nSPS) is 25.4. The maximum Gasteiger partial charge on any atom is 0.0826 e. The third-order valence-electron chi connectivity index (χ3n) is 2.66. The van der Waals surface area contributed by atoms with Crippen molar-refractivity contribution in [1.82, 2.24) is 10.2 Å². The molecule has 0 saturated carbocycles. The van der Waals surface area contributed by atoms with Crippen LogP contribution in [0.5, 0.6) is 0 Å². The molecule has 4 heteroatoms. The molecule has 3 nitrogen and oxygen atoms in total. The van der Waals surface area contributed by atoms with Crippen LogP contribution >= 0.6 is 11.8 Å². The van der Waals surface area contributed by atoms with Crippen LogP contribution in [-0.2, 0) is 4.74 Å². The van der Waals surface area contributed by atoms with Gasteiger partial charge >= 0.3 is 0 Å². The van der Waals surface area contributed by atoms with Crippen molar-refractivity contribution in [2.75, 3.05) is 51.8 Å². The van der Waals surface area contributed by atoms with E-state index in [9.17, 15) is 0 Å². The molecule has 0 aromatic rings. The number of thioether (sulfide) groups is 1. The summed E-state index contributed by atoms with van der Waals surface area (Å²) in [5, 5.41) is 3.50. The quantitative estimate of drug-likeness (QED) is 0.735. The Morgan fingerprint density at radius 1 is 1.60 bits per heavy atom. The van der Waals surface area contributed by atoms with Crippen LogP contribution in [0.15, 0.2) is 0 Å². The average molecular weight is 232 g/mol. The second-order valence-corrected chi connectivity index (χ2v) is 5.38. The van der Waals surface area contributed by atoms with Crippen molar-refractivity contribution in [3.8, 4) is 0 Å². The molecule has 0 spiro atoms. The highest BCUT2D eigenvalue weighted by Crippen LogP contribution is 2.04. The standard InChI is InChI=1S/C11H24N2OS/c1-10(9-15-3)6-12-7-11-8-13(2)4-5-14-11/h10-12H,4-9H2,1-3H3. The maximum atomic E-state index is 5.68. The number of nitrogens with zero attached hydrogens (tertiary/aromatic N) is 1. The maximum absolute atomic E-state index is 5.68. The van der Waals surface area contributed by atoms with Crippen molar-refractivity contribution in [3.63, 3.8) is 0 Å². The Hall–Kier alpha value is 0.230. The summed E-state index contributed by atoms with van der Waals surface area (Å²) >= 11 is 1.92. The highest BCUT2D eigenvalue weighted by Gasteiger charge is 2.16. The molecule has 2 unspecified atom stereocenters. The van der Waals surface area contributed by atoms with E-state index in [1.807, 2.05) is 11.8 Å². The largest absolute Gasteiger partial charge is 0.374 e. The number of ether oxygens (including phenoxy) is 1. The topological polar surface area (TPSA) is 24.5 Å². The van der Waals surface area contributed by atoms with Gasteiger partial charge in [-0.3, -0.25) is 0 Å². The molecule has 1 aliphatic rings. The molecule has 2 atom stereocenters. The lowest BCUT2D eigenvalue weighted by atomic mass is 10.2. The van der Waals surface area contributed by atoms with Crippen molar-refractivity contribution in [2.45, 2.75) is 13.0 Å². The number of hydrogen-bond acceptors (Lipinski definition) is 4. The molecular weight excluding hydrogens is 208 g/mol. The molecule has 1 saturated heterocycles. The van der Waals surface area contributed by atoms with Crippen molar-refractivity contribution in [2.24, 2.45) is 5.92 Å². The Kier molecular flexibility index (Phi) is 6.64. The van der Waals surface area contributed by atoms with Crippen molar-refractivity contribution in [1.29, 1.82) is 0 Å². The van der Waals surface area contributed by atoms with Crippen molar-refractivity contribution >= 4 is 11.8 Å². The lowest BCUT2D eigenvalue weighted by Crippen LogP contribution is -2.45. The molecule has 1 N–H and O–H groups in total. The van der Waals surface area contributed by atoms with Crippen LogP contribution in [0.3, 0.4) is 0 Å². The lowest BCUT2D eigenvalue weighted by molar-refractivity contribution is -0.0182. The Morgan fingerprint density at radius 2 is 2.40 bits per heavy atom. The van der Waals surface area contributed by atoms with Gasteiger partial charge in [-0.25, -0.2) is 0 Å². The van der Waals surface area contributed by atoms with E-state index in [1.165, 1.54) is 5.75 Å². The van der Waals surface area contributed by atoms with Crippen LogP contribution in [0.25, 0.3) is 0 Å². The number of rotatable bonds is 6. The summed E-state index contributed by atoms with van der Waals surface area (Å²) in [7, 11) is 2.16. The second kappa shape index (κ2) is 7.49. The minimum absolute atomic E-state index is 0.380. The fourth-order valence-corrected chi connectivity index (χ4v) is 2.51. The van der Waals surface area contributed by atoms with E-state index in [0.717, 1.165) is 38.7 Å². The average Bonchev–Trinajstić information content (AvgIpc) is 2.18. The van der Waals surface area contributed by atoms with E-state index in [-0.39, 0.29) is 0 Å². The third kappa shape index (κ3) is 5.76. The molecule has 0 amide bonds. The summed E-state index contributed by atoms with van der Waals surface area (Å²) in [6, 6.07) is 0. The van der Waals surface area contributed by atoms with Gasteiger partial charge in [0.1, 0.15) is 0 Å². The van der Waals surface area contributed by atoms with Gasteiger partial charge in [-0.2, -0.15) is 11.8 Å². The van der Waals surface area contributed by atoms with E-state index < -0.39 is 0 Å². The van der Waals surface area contributed by atoms with E-state index >= 15 is 0 Å². The molecule has 0 aromatic carbocycles. The van der Waals surface area contributed by atoms with Crippen LogP contribution in [-0.4, -0.2) is 62.8 Å². The van der Waals surface area contributed by atoms with Gasteiger partial charge in [0.25, 0.3) is 0 Å². The first-order chi connectivity index (χ1) is 7.22. The van der Waals surface area contributed by atoms with Gasteiger partial charge in [0, 0.05) is 19.6 Å². The highest BCUT2D eigenvalue weighted by atomic mass is 32.2. The van der Waals surface area contributed by atoms with E-state index in [0.29, 0.717) is 6.10 Å². The molecule has 0 aromatic heterocycles. The number of likely N-dealkylation sites (N-methyl/N-ethyl adjacent to an activating group) is 1.